The molecule has 0 aliphatic carbocycles. The lowest BCUT2D eigenvalue weighted by atomic mass is 10.1. The van der Waals surface area contributed by atoms with Gasteiger partial charge >= 0.3 is 0 Å². The van der Waals surface area contributed by atoms with Gasteiger partial charge in [-0.3, -0.25) is 9.78 Å². The van der Waals surface area contributed by atoms with Crippen LogP contribution in [-0.2, 0) is 17.8 Å². The van der Waals surface area contributed by atoms with Crippen LogP contribution < -0.4 is 5.32 Å². The highest BCUT2D eigenvalue weighted by molar-refractivity contribution is 6.31. The molecule has 0 aliphatic rings. The number of nitrogens with one attached hydrogen (secondary N) is 1. The molecule has 4 nitrogen and oxygen atoms in total. The van der Waals surface area contributed by atoms with E-state index in [1.807, 2.05) is 30.3 Å². The van der Waals surface area contributed by atoms with E-state index in [4.69, 9.17) is 11.6 Å². The first-order valence-electron chi connectivity index (χ1n) is 7.77. The minimum Gasteiger partial charge on any atom is -0.383 e. The van der Waals surface area contributed by atoms with Crippen molar-refractivity contribution in [1.82, 2.24) is 10.3 Å². The fraction of sp³-hybridized carbons (Fsp3) is 0.158. The van der Waals surface area contributed by atoms with Crippen molar-refractivity contribution in [1.29, 1.82) is 0 Å². The fourth-order valence-corrected chi connectivity index (χ4v) is 2.86. The van der Waals surface area contributed by atoms with Crippen LogP contribution in [0.15, 0.2) is 54.7 Å². The topological polar surface area (TPSA) is 62.2 Å². The van der Waals surface area contributed by atoms with Crippen molar-refractivity contribution in [3.63, 3.8) is 0 Å². The van der Waals surface area contributed by atoms with E-state index in [0.717, 1.165) is 16.5 Å². The van der Waals surface area contributed by atoms with Crippen LogP contribution >= 0.6 is 11.6 Å². The van der Waals surface area contributed by atoms with Crippen LogP contribution in [0.3, 0.4) is 0 Å². The third-order valence-corrected chi connectivity index (χ3v) is 4.29. The van der Waals surface area contributed by atoms with E-state index < -0.39 is 17.8 Å². The second kappa shape index (κ2) is 7.59. The molecule has 3 aromatic rings. The summed E-state index contributed by atoms with van der Waals surface area (Å²) in [6.07, 6.45) is 0.103. The number of hydrogen-bond donors (Lipinski definition) is 2. The number of hydrogen-bond acceptors (Lipinski definition) is 3. The molecule has 0 saturated carbocycles. The van der Waals surface area contributed by atoms with Crippen molar-refractivity contribution in [3.8, 4) is 0 Å². The molecule has 2 N–H and O–H groups in total. The van der Waals surface area contributed by atoms with Gasteiger partial charge < -0.3 is 10.4 Å². The molecule has 0 saturated heterocycles. The van der Waals surface area contributed by atoms with Gasteiger partial charge in [-0.25, -0.2) is 4.39 Å². The Morgan fingerprint density at radius 3 is 2.76 bits per heavy atom. The Bertz CT molecular complexity index is 891. The summed E-state index contributed by atoms with van der Waals surface area (Å²) in [5, 5.41) is 13.9. The fourth-order valence-electron chi connectivity index (χ4n) is 2.62. The third kappa shape index (κ3) is 3.95. The summed E-state index contributed by atoms with van der Waals surface area (Å²) in [7, 11) is 0. The minimum atomic E-state index is -1.39. The smallest absolute Gasteiger partial charge is 0.249 e. The number of aliphatic hydroxyl groups is 1. The van der Waals surface area contributed by atoms with E-state index in [-0.39, 0.29) is 23.6 Å². The molecular formula is C19H16ClFN2O2. The molecule has 0 aliphatic heterocycles. The number of nitrogens with zero attached hydrogens (tertiary/aromatic N) is 1. The maximum atomic E-state index is 13.8. The number of fused-ring (bicyclic) bond motifs is 1. The first-order chi connectivity index (χ1) is 12.1. The number of aromatic nitrogens is 1. The number of rotatable bonds is 5. The highest BCUT2D eigenvalue weighted by Gasteiger charge is 2.19. The van der Waals surface area contributed by atoms with Gasteiger partial charge in [-0.05, 0) is 23.8 Å². The highest BCUT2D eigenvalue weighted by Crippen LogP contribution is 2.21. The zero-order chi connectivity index (χ0) is 17.8. The van der Waals surface area contributed by atoms with Crippen molar-refractivity contribution < 1.29 is 14.3 Å². The van der Waals surface area contributed by atoms with Gasteiger partial charge in [0.2, 0.25) is 5.91 Å². The van der Waals surface area contributed by atoms with Crippen LogP contribution in [0.5, 0.6) is 0 Å². The second-order valence-electron chi connectivity index (χ2n) is 5.63. The van der Waals surface area contributed by atoms with Gasteiger partial charge in [0.1, 0.15) is 11.9 Å². The zero-order valence-electron chi connectivity index (χ0n) is 13.2. The summed E-state index contributed by atoms with van der Waals surface area (Å²) in [6.45, 7) is 0.218. The van der Waals surface area contributed by atoms with Crippen LogP contribution in [0.1, 0.15) is 11.1 Å². The molecule has 0 spiro atoms. The van der Waals surface area contributed by atoms with Gasteiger partial charge in [-0.1, -0.05) is 41.9 Å². The number of amides is 1. The summed E-state index contributed by atoms with van der Waals surface area (Å²) in [5.41, 5.74) is 1.75. The summed E-state index contributed by atoms with van der Waals surface area (Å²) in [4.78, 5) is 16.4. The maximum Gasteiger partial charge on any atom is 0.249 e. The van der Waals surface area contributed by atoms with Gasteiger partial charge in [-0.15, -0.1) is 0 Å². The lowest BCUT2D eigenvalue weighted by molar-refractivity contribution is -0.129. The number of carbonyl (C=O) groups excluding carboxylic acids is 1. The molecule has 1 aromatic heterocycles. The summed E-state index contributed by atoms with van der Waals surface area (Å²) < 4.78 is 13.8. The molecule has 0 fully saturated rings. The Kier molecular flexibility index (Phi) is 5.26. The SMILES string of the molecule is O=C(NCc1cccc2cccnc12)[C@H](O)Cc1c(F)cccc1Cl. The zero-order valence-corrected chi connectivity index (χ0v) is 14.0. The van der Waals surface area contributed by atoms with Crippen LogP contribution in [0.25, 0.3) is 10.9 Å². The van der Waals surface area contributed by atoms with Crippen molar-refractivity contribution in [2.24, 2.45) is 0 Å². The standard InChI is InChI=1S/C19H16ClFN2O2/c20-15-7-2-8-16(21)14(15)10-17(24)19(25)23-11-13-5-1-4-12-6-3-9-22-18(12)13/h1-9,17,24H,10-11H2,(H,23,25)/t17-/m1/s1. The number of halogens is 2. The van der Waals surface area contributed by atoms with E-state index in [1.165, 1.54) is 18.2 Å². The summed E-state index contributed by atoms with van der Waals surface area (Å²) >= 11 is 5.93. The van der Waals surface area contributed by atoms with Gasteiger partial charge in [-0.2, -0.15) is 0 Å². The Morgan fingerprint density at radius 1 is 1.20 bits per heavy atom. The lowest BCUT2D eigenvalue weighted by Crippen LogP contribution is -2.35. The van der Waals surface area contributed by atoms with E-state index in [2.05, 4.69) is 10.3 Å². The Morgan fingerprint density at radius 2 is 1.96 bits per heavy atom. The molecule has 128 valence electrons. The van der Waals surface area contributed by atoms with Crippen LogP contribution in [-0.4, -0.2) is 22.1 Å². The first-order valence-corrected chi connectivity index (χ1v) is 8.15. The highest BCUT2D eigenvalue weighted by atomic mass is 35.5. The van der Waals surface area contributed by atoms with Crippen molar-refractivity contribution in [2.75, 3.05) is 0 Å². The largest absolute Gasteiger partial charge is 0.383 e. The Labute approximate surface area is 149 Å². The Hall–Kier alpha value is -2.50. The molecule has 3 rings (SSSR count). The molecule has 2 aromatic carbocycles. The number of benzene rings is 2. The van der Waals surface area contributed by atoms with E-state index >= 15 is 0 Å². The predicted molar refractivity (Wildman–Crippen MR) is 94.7 cm³/mol. The lowest BCUT2D eigenvalue weighted by Gasteiger charge is -2.13. The molecule has 0 unspecified atom stereocenters. The van der Waals surface area contributed by atoms with Crippen molar-refractivity contribution in [3.05, 3.63) is 76.7 Å². The van der Waals surface area contributed by atoms with Gasteiger partial charge in [0.15, 0.2) is 0 Å². The molecule has 0 radical (unpaired) electrons. The van der Waals surface area contributed by atoms with Gasteiger partial charge in [0.05, 0.1) is 5.52 Å². The van der Waals surface area contributed by atoms with E-state index in [1.54, 1.807) is 6.20 Å². The first kappa shape index (κ1) is 17.3. The van der Waals surface area contributed by atoms with Crippen LogP contribution in [0, 0.1) is 5.82 Å². The molecule has 6 heteroatoms. The van der Waals surface area contributed by atoms with Crippen LogP contribution in [0.4, 0.5) is 4.39 Å². The number of aliphatic hydroxyl groups excluding tert-OH is 1. The summed E-state index contributed by atoms with van der Waals surface area (Å²) in [6, 6.07) is 13.7. The average molecular weight is 359 g/mol. The maximum absolute atomic E-state index is 13.8. The Balaban J connectivity index is 1.68. The molecule has 0 bridgehead atoms. The average Bonchev–Trinajstić information content (AvgIpc) is 2.62. The van der Waals surface area contributed by atoms with Crippen molar-refractivity contribution >= 4 is 28.4 Å². The summed E-state index contributed by atoms with van der Waals surface area (Å²) in [5.74, 6) is -1.13. The molecule has 1 atom stereocenters. The minimum absolute atomic E-state index is 0.124. The molecule has 1 heterocycles. The molecular weight excluding hydrogens is 343 g/mol. The monoisotopic (exact) mass is 358 g/mol. The number of carbonyl (C=O) groups is 1. The van der Waals surface area contributed by atoms with Crippen molar-refractivity contribution in [2.45, 2.75) is 19.1 Å². The van der Waals surface area contributed by atoms with Gasteiger partial charge in [0.25, 0.3) is 0 Å². The molecule has 25 heavy (non-hydrogen) atoms. The van der Waals surface area contributed by atoms with Gasteiger partial charge in [0, 0.05) is 35.1 Å². The van der Waals surface area contributed by atoms with E-state index in [9.17, 15) is 14.3 Å². The second-order valence-corrected chi connectivity index (χ2v) is 6.04. The van der Waals surface area contributed by atoms with E-state index in [0.29, 0.717) is 0 Å². The third-order valence-electron chi connectivity index (χ3n) is 3.93. The molecule has 1 amide bonds. The normalized spacial score (nSPS) is 12.1. The van der Waals surface area contributed by atoms with Crippen LogP contribution in [0.2, 0.25) is 5.02 Å². The quantitative estimate of drug-likeness (QED) is 0.736. The predicted octanol–water partition coefficient (Wildman–Crippen LogP) is 3.25. The number of para-hydroxylation sites is 1. The number of pyridine rings is 1.